The lowest BCUT2D eigenvalue weighted by molar-refractivity contribution is -0.132. The number of hydrogen-bond acceptors (Lipinski definition) is 3. The molecule has 0 aromatic rings. The van der Waals surface area contributed by atoms with Gasteiger partial charge in [0, 0.05) is 33.2 Å². The van der Waals surface area contributed by atoms with Gasteiger partial charge >= 0.3 is 0 Å². The maximum Gasteiger partial charge on any atom is 0.249 e. The molecule has 1 N–H and O–H groups in total. The second-order valence-corrected chi connectivity index (χ2v) is 5.48. The maximum absolute atomic E-state index is 11.7. The molecule has 1 heterocycles. The van der Waals surface area contributed by atoms with Crippen molar-refractivity contribution in [1.29, 1.82) is 0 Å². The smallest absolute Gasteiger partial charge is 0.249 e. The highest BCUT2D eigenvalue weighted by atomic mass is 16.5. The van der Waals surface area contributed by atoms with Gasteiger partial charge in [-0.25, -0.2) is 0 Å². The molecule has 1 saturated heterocycles. The fourth-order valence-electron chi connectivity index (χ4n) is 2.05. The first kappa shape index (κ1) is 16.0. The Balaban J connectivity index is 2.23. The Labute approximate surface area is 115 Å². The summed E-state index contributed by atoms with van der Waals surface area (Å²) in [6, 6.07) is 0. The number of nitrogens with zero attached hydrogens (tertiary/aromatic N) is 1. The summed E-state index contributed by atoms with van der Waals surface area (Å²) in [7, 11) is 0. The molecule has 2 amide bonds. The second kappa shape index (κ2) is 8.15. The fourth-order valence-corrected chi connectivity index (χ4v) is 2.05. The molecule has 0 saturated carbocycles. The lowest BCUT2D eigenvalue weighted by Gasteiger charge is -2.22. The van der Waals surface area contributed by atoms with Crippen LogP contribution >= 0.6 is 0 Å². The van der Waals surface area contributed by atoms with Gasteiger partial charge in [-0.3, -0.25) is 9.59 Å². The summed E-state index contributed by atoms with van der Waals surface area (Å²) in [6.07, 6.45) is 2.45. The van der Waals surface area contributed by atoms with Crippen LogP contribution in [0.2, 0.25) is 0 Å². The van der Waals surface area contributed by atoms with E-state index in [0.717, 1.165) is 25.8 Å². The molecule has 110 valence electrons. The SMILES string of the molecule is CC(=O)N(CCNC(=O)C1CCCO1)CCC(C)C. The third-order valence-corrected chi connectivity index (χ3v) is 3.32. The predicted octanol–water partition coefficient (Wildman–Crippen LogP) is 1.18. The summed E-state index contributed by atoms with van der Waals surface area (Å²) in [5.41, 5.74) is 0. The molecule has 0 radical (unpaired) electrons. The first-order chi connectivity index (χ1) is 9.00. The zero-order valence-corrected chi connectivity index (χ0v) is 12.3. The lowest BCUT2D eigenvalue weighted by Crippen LogP contribution is -2.41. The summed E-state index contributed by atoms with van der Waals surface area (Å²) in [6.45, 7) is 8.34. The summed E-state index contributed by atoms with van der Waals surface area (Å²) in [5.74, 6) is 0.584. The van der Waals surface area contributed by atoms with Gasteiger partial charge in [0.15, 0.2) is 0 Å². The largest absolute Gasteiger partial charge is 0.368 e. The van der Waals surface area contributed by atoms with Crippen LogP contribution in [0.25, 0.3) is 0 Å². The molecule has 5 heteroatoms. The molecule has 0 aromatic heterocycles. The molecule has 1 unspecified atom stereocenters. The van der Waals surface area contributed by atoms with Crippen molar-refractivity contribution < 1.29 is 14.3 Å². The minimum atomic E-state index is -0.290. The molecular weight excluding hydrogens is 244 g/mol. The van der Waals surface area contributed by atoms with E-state index in [1.165, 1.54) is 0 Å². The summed E-state index contributed by atoms with van der Waals surface area (Å²) in [5, 5.41) is 2.84. The number of amides is 2. The Morgan fingerprint density at radius 2 is 2.11 bits per heavy atom. The van der Waals surface area contributed by atoms with E-state index in [-0.39, 0.29) is 17.9 Å². The van der Waals surface area contributed by atoms with Crippen molar-refractivity contribution in [3.05, 3.63) is 0 Å². The van der Waals surface area contributed by atoms with E-state index in [2.05, 4.69) is 19.2 Å². The molecular formula is C14H26N2O3. The molecule has 0 aromatic carbocycles. The molecule has 19 heavy (non-hydrogen) atoms. The van der Waals surface area contributed by atoms with Gasteiger partial charge in [-0.15, -0.1) is 0 Å². The van der Waals surface area contributed by atoms with Crippen LogP contribution in [0.15, 0.2) is 0 Å². The van der Waals surface area contributed by atoms with Crippen LogP contribution in [0.1, 0.15) is 40.0 Å². The van der Waals surface area contributed by atoms with E-state index in [4.69, 9.17) is 4.74 Å². The quantitative estimate of drug-likeness (QED) is 0.755. The number of ether oxygens (including phenoxy) is 1. The normalized spacial score (nSPS) is 18.6. The van der Waals surface area contributed by atoms with Gasteiger partial charge < -0.3 is 15.0 Å². The Hall–Kier alpha value is -1.10. The molecule has 0 spiro atoms. The van der Waals surface area contributed by atoms with E-state index in [1.807, 2.05) is 0 Å². The standard InChI is InChI=1S/C14H26N2O3/c1-11(2)6-8-16(12(3)17)9-7-15-14(18)13-5-4-10-19-13/h11,13H,4-10H2,1-3H3,(H,15,18). The summed E-state index contributed by atoms with van der Waals surface area (Å²) < 4.78 is 5.31. The summed E-state index contributed by atoms with van der Waals surface area (Å²) >= 11 is 0. The maximum atomic E-state index is 11.7. The van der Waals surface area contributed by atoms with Gasteiger partial charge in [-0.2, -0.15) is 0 Å². The zero-order chi connectivity index (χ0) is 14.3. The highest BCUT2D eigenvalue weighted by Crippen LogP contribution is 2.11. The van der Waals surface area contributed by atoms with Gasteiger partial charge in [-0.05, 0) is 25.2 Å². The molecule has 0 bridgehead atoms. The minimum absolute atomic E-state index is 0.0511. The highest BCUT2D eigenvalue weighted by molar-refractivity contribution is 5.81. The van der Waals surface area contributed by atoms with Crippen LogP contribution in [0.5, 0.6) is 0 Å². The lowest BCUT2D eigenvalue weighted by atomic mass is 10.1. The second-order valence-electron chi connectivity index (χ2n) is 5.48. The van der Waals surface area contributed by atoms with Crippen LogP contribution in [0.4, 0.5) is 0 Å². The van der Waals surface area contributed by atoms with Crippen molar-refractivity contribution >= 4 is 11.8 Å². The summed E-state index contributed by atoms with van der Waals surface area (Å²) in [4.78, 5) is 25.0. The van der Waals surface area contributed by atoms with Crippen LogP contribution in [0, 0.1) is 5.92 Å². The molecule has 1 atom stereocenters. The number of carbonyl (C=O) groups excluding carboxylic acids is 2. The molecule has 0 aliphatic carbocycles. The van der Waals surface area contributed by atoms with Crippen LogP contribution in [-0.4, -0.2) is 49.1 Å². The molecule has 1 fully saturated rings. The van der Waals surface area contributed by atoms with Gasteiger partial charge in [0.25, 0.3) is 0 Å². The van der Waals surface area contributed by atoms with Gasteiger partial charge in [0.1, 0.15) is 6.10 Å². The number of carbonyl (C=O) groups is 2. The highest BCUT2D eigenvalue weighted by Gasteiger charge is 2.23. The topological polar surface area (TPSA) is 58.6 Å². The molecule has 1 rings (SSSR count). The fraction of sp³-hybridized carbons (Fsp3) is 0.857. The van der Waals surface area contributed by atoms with Crippen molar-refractivity contribution in [2.24, 2.45) is 5.92 Å². The van der Waals surface area contributed by atoms with E-state index in [9.17, 15) is 9.59 Å². The number of nitrogens with one attached hydrogen (secondary N) is 1. The zero-order valence-electron chi connectivity index (χ0n) is 12.3. The average molecular weight is 270 g/mol. The van der Waals surface area contributed by atoms with Crippen molar-refractivity contribution in [3.63, 3.8) is 0 Å². The Morgan fingerprint density at radius 1 is 1.37 bits per heavy atom. The molecule has 5 nitrogen and oxygen atoms in total. The number of rotatable bonds is 7. The van der Waals surface area contributed by atoms with E-state index < -0.39 is 0 Å². The van der Waals surface area contributed by atoms with E-state index >= 15 is 0 Å². The average Bonchev–Trinajstić information content (AvgIpc) is 2.86. The Bertz CT molecular complexity index is 299. The predicted molar refractivity (Wildman–Crippen MR) is 73.7 cm³/mol. The molecule has 1 aliphatic rings. The Morgan fingerprint density at radius 3 is 2.63 bits per heavy atom. The van der Waals surface area contributed by atoms with Crippen LogP contribution in [-0.2, 0) is 14.3 Å². The third-order valence-electron chi connectivity index (χ3n) is 3.32. The van der Waals surface area contributed by atoms with E-state index in [0.29, 0.717) is 25.6 Å². The first-order valence-electron chi connectivity index (χ1n) is 7.15. The van der Waals surface area contributed by atoms with Gasteiger partial charge in [0.2, 0.25) is 11.8 Å². The van der Waals surface area contributed by atoms with Crippen LogP contribution in [0.3, 0.4) is 0 Å². The Kier molecular flexibility index (Phi) is 6.84. The van der Waals surface area contributed by atoms with Crippen molar-refractivity contribution in [1.82, 2.24) is 10.2 Å². The van der Waals surface area contributed by atoms with Crippen molar-refractivity contribution in [2.75, 3.05) is 26.2 Å². The van der Waals surface area contributed by atoms with Crippen molar-refractivity contribution in [2.45, 2.75) is 46.1 Å². The molecule has 1 aliphatic heterocycles. The van der Waals surface area contributed by atoms with E-state index in [1.54, 1.807) is 11.8 Å². The first-order valence-corrected chi connectivity index (χ1v) is 7.15. The van der Waals surface area contributed by atoms with Gasteiger partial charge in [0.05, 0.1) is 0 Å². The number of hydrogen-bond donors (Lipinski definition) is 1. The van der Waals surface area contributed by atoms with Gasteiger partial charge in [-0.1, -0.05) is 13.8 Å². The van der Waals surface area contributed by atoms with Crippen molar-refractivity contribution in [3.8, 4) is 0 Å². The minimum Gasteiger partial charge on any atom is -0.368 e. The third kappa shape index (κ3) is 6.05. The van der Waals surface area contributed by atoms with Crippen LogP contribution < -0.4 is 5.32 Å². The monoisotopic (exact) mass is 270 g/mol.